The molecule has 0 radical (unpaired) electrons. The van der Waals surface area contributed by atoms with Gasteiger partial charge in [-0.05, 0) is 42.5 Å². The van der Waals surface area contributed by atoms with Crippen LogP contribution in [0.2, 0.25) is 0 Å². The van der Waals surface area contributed by atoms with Crippen molar-refractivity contribution < 1.29 is 4.79 Å². The summed E-state index contributed by atoms with van der Waals surface area (Å²) in [5.41, 5.74) is 5.11. The first-order chi connectivity index (χ1) is 10.7. The van der Waals surface area contributed by atoms with Gasteiger partial charge in [-0.2, -0.15) is 5.26 Å². The van der Waals surface area contributed by atoms with Crippen LogP contribution in [0.25, 0.3) is 16.7 Å². The van der Waals surface area contributed by atoms with Crippen LogP contribution < -0.4 is 5.32 Å². The summed E-state index contributed by atoms with van der Waals surface area (Å²) in [6.45, 7) is 1.50. The number of nitrogens with zero attached hydrogens (tertiary/aromatic N) is 3. The fourth-order valence-electron chi connectivity index (χ4n) is 3.39. The lowest BCUT2D eigenvalue weighted by atomic mass is 10.1. The van der Waals surface area contributed by atoms with Gasteiger partial charge < -0.3 is 5.32 Å². The highest BCUT2D eigenvalue weighted by atomic mass is 16.1. The van der Waals surface area contributed by atoms with E-state index in [9.17, 15) is 10.1 Å². The third-order valence-corrected chi connectivity index (χ3v) is 4.22. The number of carbonyl (C=O) groups excluding carboxylic acids is 1. The fourth-order valence-corrected chi connectivity index (χ4v) is 3.39. The molecule has 1 N–H and O–H groups in total. The molecule has 5 nitrogen and oxygen atoms in total. The van der Waals surface area contributed by atoms with E-state index in [-0.39, 0.29) is 5.91 Å². The van der Waals surface area contributed by atoms with Crippen LogP contribution in [-0.4, -0.2) is 15.3 Å². The van der Waals surface area contributed by atoms with E-state index in [4.69, 9.17) is 0 Å². The minimum Gasteiger partial charge on any atom is -0.312 e. The number of nitrogens with one attached hydrogen (secondary N) is 1. The number of anilines is 1. The van der Waals surface area contributed by atoms with Crippen LogP contribution in [0.15, 0.2) is 24.3 Å². The number of nitriles is 1. The molecule has 1 aliphatic carbocycles. The molecule has 3 aromatic rings. The molecule has 5 heteroatoms. The number of hydrogen-bond acceptors (Lipinski definition) is 3. The molecule has 22 heavy (non-hydrogen) atoms. The molecular formula is C17H14N4O. The quantitative estimate of drug-likeness (QED) is 0.749. The van der Waals surface area contributed by atoms with Crippen LogP contribution in [-0.2, 0) is 17.6 Å². The van der Waals surface area contributed by atoms with Gasteiger partial charge in [0.1, 0.15) is 11.9 Å². The minimum absolute atomic E-state index is 0.113. The van der Waals surface area contributed by atoms with E-state index in [0.717, 1.165) is 47.2 Å². The fraction of sp³-hybridized carbons (Fsp3) is 0.235. The average Bonchev–Trinajstić information content (AvgIpc) is 3.11. The zero-order valence-electron chi connectivity index (χ0n) is 12.2. The zero-order chi connectivity index (χ0) is 15.3. The molecule has 1 aromatic carbocycles. The molecule has 2 heterocycles. The Hall–Kier alpha value is -2.87. The second-order valence-electron chi connectivity index (χ2n) is 5.59. The van der Waals surface area contributed by atoms with Crippen molar-refractivity contribution in [1.29, 1.82) is 5.26 Å². The van der Waals surface area contributed by atoms with Crippen molar-refractivity contribution in [2.45, 2.75) is 26.2 Å². The standard InChI is InChI=1S/C17H14N4O/c1-10(22)19-16-12-6-4-5-11(12)13(9-18)17-20-14-7-2-3-8-15(14)21(16)17/h2-3,7-8H,4-6H2,1H3,(H,19,22). The Kier molecular flexibility index (Phi) is 2.67. The first-order valence-corrected chi connectivity index (χ1v) is 7.33. The van der Waals surface area contributed by atoms with Crippen molar-refractivity contribution in [2.75, 3.05) is 5.32 Å². The summed E-state index contributed by atoms with van der Waals surface area (Å²) in [5, 5.41) is 12.6. The number of hydrogen-bond donors (Lipinski definition) is 1. The van der Waals surface area contributed by atoms with Crippen LogP contribution in [0.5, 0.6) is 0 Å². The predicted octanol–water partition coefficient (Wildman–Crippen LogP) is 2.81. The highest BCUT2D eigenvalue weighted by Gasteiger charge is 2.25. The summed E-state index contributed by atoms with van der Waals surface area (Å²) in [7, 11) is 0. The maximum atomic E-state index is 11.7. The predicted molar refractivity (Wildman–Crippen MR) is 83.7 cm³/mol. The lowest BCUT2D eigenvalue weighted by molar-refractivity contribution is -0.114. The summed E-state index contributed by atoms with van der Waals surface area (Å²) in [6, 6.07) is 10.1. The summed E-state index contributed by atoms with van der Waals surface area (Å²) >= 11 is 0. The number of aromatic nitrogens is 2. The molecule has 4 rings (SSSR count). The van der Waals surface area contributed by atoms with Crippen LogP contribution in [0.4, 0.5) is 5.82 Å². The van der Waals surface area contributed by atoms with E-state index < -0.39 is 0 Å². The molecule has 108 valence electrons. The summed E-state index contributed by atoms with van der Waals surface area (Å²) < 4.78 is 1.92. The number of rotatable bonds is 1. The van der Waals surface area contributed by atoms with Crippen molar-refractivity contribution >= 4 is 28.4 Å². The topological polar surface area (TPSA) is 70.2 Å². The van der Waals surface area contributed by atoms with Crippen molar-refractivity contribution in [3.05, 3.63) is 41.0 Å². The number of benzene rings is 1. The van der Waals surface area contributed by atoms with Gasteiger partial charge in [-0.15, -0.1) is 0 Å². The van der Waals surface area contributed by atoms with Gasteiger partial charge in [0, 0.05) is 6.92 Å². The minimum atomic E-state index is -0.113. The lowest BCUT2D eigenvalue weighted by Crippen LogP contribution is -2.13. The third kappa shape index (κ3) is 1.64. The Morgan fingerprint density at radius 1 is 1.32 bits per heavy atom. The molecule has 0 saturated carbocycles. The van der Waals surface area contributed by atoms with Crippen LogP contribution >= 0.6 is 0 Å². The molecule has 1 aliphatic rings. The third-order valence-electron chi connectivity index (χ3n) is 4.22. The van der Waals surface area contributed by atoms with Crippen molar-refractivity contribution in [3.63, 3.8) is 0 Å². The Balaban J connectivity index is 2.23. The second kappa shape index (κ2) is 4.57. The van der Waals surface area contributed by atoms with E-state index in [1.807, 2.05) is 28.7 Å². The van der Waals surface area contributed by atoms with E-state index in [1.54, 1.807) is 0 Å². The van der Waals surface area contributed by atoms with E-state index in [1.165, 1.54) is 6.92 Å². The normalized spacial score (nSPS) is 13.3. The van der Waals surface area contributed by atoms with Crippen molar-refractivity contribution in [2.24, 2.45) is 0 Å². The zero-order valence-corrected chi connectivity index (χ0v) is 12.2. The van der Waals surface area contributed by atoms with Crippen molar-refractivity contribution in [1.82, 2.24) is 9.38 Å². The van der Waals surface area contributed by atoms with Crippen LogP contribution in [0.1, 0.15) is 30.0 Å². The SMILES string of the molecule is CC(=O)Nc1c2c(c(C#N)c3nc4ccccc4n13)CCC2. The van der Waals surface area contributed by atoms with Gasteiger partial charge in [0.2, 0.25) is 5.91 Å². The van der Waals surface area contributed by atoms with Crippen molar-refractivity contribution in [3.8, 4) is 6.07 Å². The van der Waals surface area contributed by atoms with Gasteiger partial charge in [0.05, 0.1) is 16.6 Å². The average molecular weight is 290 g/mol. The molecule has 0 saturated heterocycles. The second-order valence-corrected chi connectivity index (χ2v) is 5.59. The molecule has 2 aromatic heterocycles. The maximum Gasteiger partial charge on any atom is 0.222 e. The smallest absolute Gasteiger partial charge is 0.222 e. The Morgan fingerprint density at radius 3 is 2.86 bits per heavy atom. The van der Waals surface area contributed by atoms with Gasteiger partial charge in [0.15, 0.2) is 5.65 Å². The molecule has 0 aliphatic heterocycles. The Morgan fingerprint density at radius 2 is 2.09 bits per heavy atom. The number of pyridine rings is 1. The monoisotopic (exact) mass is 290 g/mol. The molecule has 0 atom stereocenters. The molecule has 0 bridgehead atoms. The van der Waals surface area contributed by atoms with Gasteiger partial charge >= 0.3 is 0 Å². The molecule has 0 unspecified atom stereocenters. The van der Waals surface area contributed by atoms with E-state index in [0.29, 0.717) is 11.2 Å². The van der Waals surface area contributed by atoms with Gasteiger partial charge in [-0.1, -0.05) is 12.1 Å². The Labute approximate surface area is 127 Å². The number of amides is 1. The first kappa shape index (κ1) is 12.8. The molecule has 0 spiro atoms. The lowest BCUT2D eigenvalue weighted by Gasteiger charge is -2.14. The Bertz CT molecular complexity index is 978. The molecular weight excluding hydrogens is 276 g/mol. The first-order valence-electron chi connectivity index (χ1n) is 7.33. The summed E-state index contributed by atoms with van der Waals surface area (Å²) in [4.78, 5) is 16.3. The van der Waals surface area contributed by atoms with Crippen LogP contribution in [0, 0.1) is 11.3 Å². The summed E-state index contributed by atoms with van der Waals surface area (Å²) in [6.07, 6.45) is 2.74. The van der Waals surface area contributed by atoms with Gasteiger partial charge in [-0.3, -0.25) is 9.20 Å². The highest BCUT2D eigenvalue weighted by Crippen LogP contribution is 2.36. The number of carbonyl (C=O) groups is 1. The van der Waals surface area contributed by atoms with Crippen LogP contribution in [0.3, 0.4) is 0 Å². The molecule has 0 fully saturated rings. The maximum absolute atomic E-state index is 11.7. The van der Waals surface area contributed by atoms with Gasteiger partial charge in [0.25, 0.3) is 0 Å². The number of imidazole rings is 1. The van der Waals surface area contributed by atoms with E-state index in [2.05, 4.69) is 16.4 Å². The number of fused-ring (bicyclic) bond motifs is 4. The molecule has 1 amide bonds. The number of para-hydroxylation sites is 2. The highest BCUT2D eigenvalue weighted by molar-refractivity contribution is 5.93. The summed E-state index contributed by atoms with van der Waals surface area (Å²) in [5.74, 6) is 0.653. The van der Waals surface area contributed by atoms with E-state index >= 15 is 0 Å². The van der Waals surface area contributed by atoms with Gasteiger partial charge in [-0.25, -0.2) is 4.98 Å². The largest absolute Gasteiger partial charge is 0.312 e.